The average molecular weight is 339 g/mol. The normalized spacial score (nSPS) is 21.5. The second-order valence-electron chi connectivity index (χ2n) is 6.11. The third-order valence-electron chi connectivity index (χ3n) is 4.35. The Bertz CT molecular complexity index is 555. The molecule has 6 heteroatoms. The molecule has 2 heterocycles. The molecule has 0 radical (unpaired) electrons. The standard InChI is InChI=1S/C17H23ClN2O3/c1-19(11-14-12-22-8-9-23-14)17(21)13-4-5-16(15(18)10-13)20-6-2-3-7-20/h4-5,10,14H,2-3,6-9,11-12H2,1H3/t14-/m0/s1. The van der Waals surface area contributed by atoms with Crippen molar-refractivity contribution in [2.45, 2.75) is 18.9 Å². The molecule has 0 aliphatic carbocycles. The predicted molar refractivity (Wildman–Crippen MR) is 90.4 cm³/mol. The van der Waals surface area contributed by atoms with E-state index in [0.717, 1.165) is 18.8 Å². The van der Waals surface area contributed by atoms with Gasteiger partial charge in [0.25, 0.3) is 5.91 Å². The first kappa shape index (κ1) is 16.6. The minimum atomic E-state index is -0.0583. The zero-order valence-corrected chi connectivity index (χ0v) is 14.2. The molecule has 3 rings (SSSR count). The lowest BCUT2D eigenvalue weighted by Gasteiger charge is -2.27. The molecule has 0 saturated carbocycles. The van der Waals surface area contributed by atoms with E-state index in [0.29, 0.717) is 37.0 Å². The summed E-state index contributed by atoms with van der Waals surface area (Å²) in [4.78, 5) is 16.5. The lowest BCUT2D eigenvalue weighted by molar-refractivity contribution is -0.0933. The monoisotopic (exact) mass is 338 g/mol. The number of ether oxygens (including phenoxy) is 2. The van der Waals surface area contributed by atoms with Crippen molar-refractivity contribution >= 4 is 23.2 Å². The lowest BCUT2D eigenvalue weighted by atomic mass is 10.1. The Hall–Kier alpha value is -1.30. The van der Waals surface area contributed by atoms with Gasteiger partial charge in [0.2, 0.25) is 0 Å². The molecule has 1 amide bonds. The predicted octanol–water partition coefficient (Wildman–Crippen LogP) is 2.43. The summed E-state index contributed by atoms with van der Waals surface area (Å²) in [7, 11) is 1.78. The van der Waals surface area contributed by atoms with E-state index in [9.17, 15) is 4.79 Å². The molecule has 0 spiro atoms. The van der Waals surface area contributed by atoms with Crippen molar-refractivity contribution in [2.24, 2.45) is 0 Å². The van der Waals surface area contributed by atoms with Crippen molar-refractivity contribution in [2.75, 3.05) is 51.4 Å². The number of carbonyl (C=O) groups excluding carboxylic acids is 1. The molecule has 23 heavy (non-hydrogen) atoms. The van der Waals surface area contributed by atoms with Crippen LogP contribution in [-0.4, -0.2) is 63.4 Å². The van der Waals surface area contributed by atoms with Crippen LogP contribution < -0.4 is 4.90 Å². The molecule has 1 atom stereocenters. The van der Waals surface area contributed by atoms with Gasteiger partial charge in [0, 0.05) is 32.2 Å². The molecule has 1 aromatic carbocycles. The number of amides is 1. The zero-order chi connectivity index (χ0) is 16.2. The van der Waals surface area contributed by atoms with Crippen LogP contribution in [-0.2, 0) is 9.47 Å². The molecule has 0 bridgehead atoms. The van der Waals surface area contributed by atoms with Gasteiger partial charge in [-0.25, -0.2) is 0 Å². The summed E-state index contributed by atoms with van der Waals surface area (Å²) in [6.45, 7) is 4.33. The van der Waals surface area contributed by atoms with Gasteiger partial charge in [-0.2, -0.15) is 0 Å². The van der Waals surface area contributed by atoms with Gasteiger partial charge < -0.3 is 19.3 Å². The minimum absolute atomic E-state index is 0.0472. The summed E-state index contributed by atoms with van der Waals surface area (Å²) in [5.41, 5.74) is 1.63. The Labute approximate surface area is 142 Å². The number of likely N-dealkylation sites (N-methyl/N-ethyl adjacent to an activating group) is 1. The van der Waals surface area contributed by atoms with Crippen molar-refractivity contribution in [1.82, 2.24) is 4.90 Å². The molecule has 0 unspecified atom stereocenters. The molecule has 2 aliphatic rings. The molecule has 126 valence electrons. The number of anilines is 1. The number of hydrogen-bond acceptors (Lipinski definition) is 4. The highest BCUT2D eigenvalue weighted by atomic mass is 35.5. The van der Waals surface area contributed by atoms with Crippen LogP contribution in [0.25, 0.3) is 0 Å². The summed E-state index contributed by atoms with van der Waals surface area (Å²) >= 11 is 6.39. The summed E-state index contributed by atoms with van der Waals surface area (Å²) in [6.07, 6.45) is 2.34. The number of carbonyl (C=O) groups is 1. The molecule has 5 nitrogen and oxygen atoms in total. The van der Waals surface area contributed by atoms with Gasteiger partial charge >= 0.3 is 0 Å². The van der Waals surface area contributed by atoms with Crippen LogP contribution in [0.4, 0.5) is 5.69 Å². The Morgan fingerprint density at radius 1 is 1.35 bits per heavy atom. The Morgan fingerprint density at radius 2 is 2.13 bits per heavy atom. The highest BCUT2D eigenvalue weighted by Gasteiger charge is 2.21. The first-order valence-electron chi connectivity index (χ1n) is 8.14. The fourth-order valence-corrected chi connectivity index (χ4v) is 3.41. The molecule has 2 fully saturated rings. The zero-order valence-electron chi connectivity index (χ0n) is 13.5. The maximum atomic E-state index is 12.6. The van der Waals surface area contributed by atoms with Crippen molar-refractivity contribution < 1.29 is 14.3 Å². The highest BCUT2D eigenvalue weighted by molar-refractivity contribution is 6.33. The van der Waals surface area contributed by atoms with Gasteiger partial charge in [-0.3, -0.25) is 4.79 Å². The van der Waals surface area contributed by atoms with E-state index in [2.05, 4.69) is 4.90 Å². The molecule has 2 saturated heterocycles. The van der Waals surface area contributed by atoms with E-state index < -0.39 is 0 Å². The number of hydrogen-bond donors (Lipinski definition) is 0. The van der Waals surface area contributed by atoms with Crippen molar-refractivity contribution in [1.29, 1.82) is 0 Å². The van der Waals surface area contributed by atoms with Crippen LogP contribution in [0.2, 0.25) is 5.02 Å². The first-order valence-corrected chi connectivity index (χ1v) is 8.52. The van der Waals surface area contributed by atoms with E-state index in [-0.39, 0.29) is 12.0 Å². The van der Waals surface area contributed by atoms with Crippen molar-refractivity contribution in [3.8, 4) is 0 Å². The Morgan fingerprint density at radius 3 is 2.78 bits per heavy atom. The van der Waals surface area contributed by atoms with Crippen LogP contribution in [0.15, 0.2) is 18.2 Å². The van der Waals surface area contributed by atoms with Gasteiger partial charge in [0.1, 0.15) is 0 Å². The minimum Gasteiger partial charge on any atom is -0.376 e. The molecule has 2 aliphatic heterocycles. The van der Waals surface area contributed by atoms with Crippen molar-refractivity contribution in [3.63, 3.8) is 0 Å². The fraction of sp³-hybridized carbons (Fsp3) is 0.588. The highest BCUT2D eigenvalue weighted by Crippen LogP contribution is 2.29. The topological polar surface area (TPSA) is 42.0 Å². The SMILES string of the molecule is CN(C[C@H]1COCCO1)C(=O)c1ccc(N2CCCC2)c(Cl)c1. The number of halogens is 1. The van der Waals surface area contributed by atoms with Crippen LogP contribution in [0, 0.1) is 0 Å². The van der Waals surface area contributed by atoms with Gasteiger partial charge in [0.05, 0.1) is 36.6 Å². The van der Waals surface area contributed by atoms with E-state index in [1.54, 1.807) is 18.0 Å². The molecular weight excluding hydrogens is 316 g/mol. The second kappa shape index (κ2) is 7.51. The lowest BCUT2D eigenvalue weighted by Crippen LogP contribution is -2.40. The summed E-state index contributed by atoms with van der Waals surface area (Å²) in [5.74, 6) is -0.0472. The molecule has 1 aromatic rings. The Balaban J connectivity index is 1.65. The largest absolute Gasteiger partial charge is 0.376 e. The van der Waals surface area contributed by atoms with E-state index >= 15 is 0 Å². The maximum Gasteiger partial charge on any atom is 0.253 e. The van der Waals surface area contributed by atoms with Crippen molar-refractivity contribution in [3.05, 3.63) is 28.8 Å². The molecule has 0 N–H and O–H groups in total. The Kier molecular flexibility index (Phi) is 5.41. The van der Waals surface area contributed by atoms with Gasteiger partial charge in [-0.05, 0) is 31.0 Å². The smallest absolute Gasteiger partial charge is 0.253 e. The first-order chi connectivity index (χ1) is 11.1. The fourth-order valence-electron chi connectivity index (χ4n) is 3.11. The van der Waals surface area contributed by atoms with Crippen LogP contribution >= 0.6 is 11.6 Å². The van der Waals surface area contributed by atoms with E-state index in [4.69, 9.17) is 21.1 Å². The number of benzene rings is 1. The summed E-state index contributed by atoms with van der Waals surface area (Å²) < 4.78 is 11.0. The van der Waals surface area contributed by atoms with Crippen LogP contribution in [0.3, 0.4) is 0 Å². The van der Waals surface area contributed by atoms with Crippen LogP contribution in [0.1, 0.15) is 23.2 Å². The second-order valence-corrected chi connectivity index (χ2v) is 6.52. The third kappa shape index (κ3) is 3.97. The maximum absolute atomic E-state index is 12.6. The van der Waals surface area contributed by atoms with Gasteiger partial charge in [0.15, 0.2) is 0 Å². The van der Waals surface area contributed by atoms with E-state index in [1.165, 1.54) is 12.8 Å². The summed E-state index contributed by atoms with van der Waals surface area (Å²) in [6, 6.07) is 5.58. The van der Waals surface area contributed by atoms with Gasteiger partial charge in [-0.1, -0.05) is 11.6 Å². The summed E-state index contributed by atoms with van der Waals surface area (Å²) in [5, 5.41) is 0.642. The molecule has 0 aromatic heterocycles. The van der Waals surface area contributed by atoms with E-state index in [1.807, 2.05) is 12.1 Å². The number of nitrogens with zero attached hydrogens (tertiary/aromatic N) is 2. The molecular formula is C17H23ClN2O3. The van der Waals surface area contributed by atoms with Crippen LogP contribution in [0.5, 0.6) is 0 Å². The van der Waals surface area contributed by atoms with Gasteiger partial charge in [-0.15, -0.1) is 0 Å². The average Bonchev–Trinajstić information content (AvgIpc) is 3.09. The quantitative estimate of drug-likeness (QED) is 0.845. The number of rotatable bonds is 4. The third-order valence-corrected chi connectivity index (χ3v) is 4.65.